The van der Waals surface area contributed by atoms with Crippen molar-refractivity contribution in [1.82, 2.24) is 24.7 Å². The van der Waals surface area contributed by atoms with Crippen LogP contribution in [0.15, 0.2) is 34.2 Å². The average molecular weight is 461 g/mol. The van der Waals surface area contributed by atoms with Crippen LogP contribution in [0.4, 0.5) is 13.2 Å². The first-order chi connectivity index (χ1) is 15.2. The number of carbonyl (C=O) groups is 1. The maximum atomic E-state index is 13.8. The predicted octanol–water partition coefficient (Wildman–Crippen LogP) is 5.06. The molecule has 0 spiro atoms. The number of fused-ring (bicyclic) bond motifs is 1. The van der Waals surface area contributed by atoms with Crippen LogP contribution in [0.1, 0.15) is 52.1 Å². The first-order valence-electron chi connectivity index (χ1n) is 9.99. The number of nitrogens with zero attached hydrogens (tertiary/aromatic N) is 5. The molecule has 166 valence electrons. The lowest BCUT2D eigenvalue weighted by molar-refractivity contribution is -0.142. The van der Waals surface area contributed by atoms with Crippen LogP contribution >= 0.6 is 11.3 Å². The van der Waals surface area contributed by atoms with Gasteiger partial charge in [-0.15, -0.1) is 11.3 Å². The summed E-state index contributed by atoms with van der Waals surface area (Å²) in [5.41, 5.74) is 0.643. The quantitative estimate of drug-likeness (QED) is 0.426. The fraction of sp³-hybridized carbons (Fsp3) is 0.333. The number of hydrogen-bond acceptors (Lipinski definition) is 6. The van der Waals surface area contributed by atoms with Gasteiger partial charge < -0.3 is 9.42 Å². The fourth-order valence-electron chi connectivity index (χ4n) is 4.25. The van der Waals surface area contributed by atoms with E-state index in [0.29, 0.717) is 27.4 Å². The van der Waals surface area contributed by atoms with Gasteiger partial charge >= 0.3 is 6.18 Å². The van der Waals surface area contributed by atoms with E-state index in [1.165, 1.54) is 17.4 Å². The second-order valence-corrected chi connectivity index (χ2v) is 8.64. The number of carbonyl (C=O) groups excluding carboxylic acids is 1. The fourth-order valence-corrected chi connectivity index (χ4v) is 4.94. The molecule has 5 rings (SSSR count). The van der Waals surface area contributed by atoms with Gasteiger partial charge in [0.2, 0.25) is 0 Å². The van der Waals surface area contributed by atoms with Crippen LogP contribution in [0.5, 0.6) is 0 Å². The van der Waals surface area contributed by atoms with Crippen molar-refractivity contribution < 1.29 is 22.5 Å². The molecule has 0 aliphatic carbocycles. The van der Waals surface area contributed by atoms with Gasteiger partial charge in [-0.05, 0) is 44.2 Å². The molecule has 11 heteroatoms. The number of halogens is 3. The Labute approximate surface area is 184 Å². The zero-order chi connectivity index (χ0) is 22.6. The van der Waals surface area contributed by atoms with Crippen molar-refractivity contribution in [1.29, 1.82) is 0 Å². The molecule has 1 unspecified atom stereocenters. The Morgan fingerprint density at radius 1 is 1.28 bits per heavy atom. The van der Waals surface area contributed by atoms with Gasteiger partial charge in [0.05, 0.1) is 22.3 Å². The van der Waals surface area contributed by atoms with Gasteiger partial charge in [-0.1, -0.05) is 11.2 Å². The van der Waals surface area contributed by atoms with E-state index in [9.17, 15) is 18.0 Å². The average Bonchev–Trinajstić information content (AvgIpc) is 3.52. The van der Waals surface area contributed by atoms with Crippen molar-refractivity contribution in [3.05, 3.63) is 58.1 Å². The molecule has 1 saturated heterocycles. The summed E-state index contributed by atoms with van der Waals surface area (Å²) in [6, 6.07) is 5.47. The molecular weight excluding hydrogens is 443 g/mol. The van der Waals surface area contributed by atoms with E-state index in [4.69, 9.17) is 4.52 Å². The first kappa shape index (κ1) is 20.7. The standard InChI is InChI=1S/C21H18F3N5O2S/c1-11-19(12(2)31-27-11)15-5-3-7-28(15)20(30)14-10-18-25-13(16-6-4-8-32-16)9-17(21(22,23)24)29(18)26-14/h4,6,8-10,15H,3,5,7H2,1-2H3. The third-order valence-electron chi connectivity index (χ3n) is 5.65. The molecule has 1 aliphatic heterocycles. The minimum Gasteiger partial charge on any atom is -0.361 e. The Hall–Kier alpha value is -3.21. The summed E-state index contributed by atoms with van der Waals surface area (Å²) in [6.07, 6.45) is -3.18. The summed E-state index contributed by atoms with van der Waals surface area (Å²) >= 11 is 1.29. The van der Waals surface area contributed by atoms with Crippen LogP contribution in [0.2, 0.25) is 0 Å². The normalized spacial score (nSPS) is 16.9. The first-order valence-corrected chi connectivity index (χ1v) is 10.9. The SMILES string of the molecule is Cc1noc(C)c1C1CCCN1C(=O)c1cc2nc(-c3cccs3)cc(C(F)(F)F)n2n1. The lowest BCUT2D eigenvalue weighted by atomic mass is 10.0. The predicted molar refractivity (Wildman–Crippen MR) is 110 cm³/mol. The molecule has 1 aliphatic rings. The molecule has 0 aromatic carbocycles. The van der Waals surface area contributed by atoms with Crippen molar-refractivity contribution in [2.75, 3.05) is 6.54 Å². The van der Waals surface area contributed by atoms with Gasteiger partial charge in [0.15, 0.2) is 17.0 Å². The van der Waals surface area contributed by atoms with E-state index < -0.39 is 17.8 Å². The number of alkyl halides is 3. The van der Waals surface area contributed by atoms with Crippen LogP contribution in [-0.2, 0) is 6.18 Å². The molecule has 32 heavy (non-hydrogen) atoms. The highest BCUT2D eigenvalue weighted by atomic mass is 32.1. The summed E-state index contributed by atoms with van der Waals surface area (Å²) in [6.45, 7) is 4.07. The van der Waals surface area contributed by atoms with E-state index in [1.807, 2.05) is 6.92 Å². The number of rotatable bonds is 3. The third kappa shape index (κ3) is 3.36. The Balaban J connectivity index is 1.58. The molecular formula is C21H18F3N5O2S. The summed E-state index contributed by atoms with van der Waals surface area (Å²) in [5, 5.41) is 9.75. The number of hydrogen-bond donors (Lipinski definition) is 0. The Morgan fingerprint density at radius 3 is 2.75 bits per heavy atom. The highest BCUT2D eigenvalue weighted by Crippen LogP contribution is 2.37. The number of aryl methyl sites for hydroxylation is 2. The lowest BCUT2D eigenvalue weighted by Crippen LogP contribution is -2.31. The molecule has 0 radical (unpaired) electrons. The molecule has 4 aromatic heterocycles. The van der Waals surface area contributed by atoms with Crippen molar-refractivity contribution >= 4 is 22.9 Å². The van der Waals surface area contributed by atoms with Crippen LogP contribution in [-0.4, -0.2) is 37.1 Å². The second-order valence-electron chi connectivity index (χ2n) is 7.70. The summed E-state index contributed by atoms with van der Waals surface area (Å²) in [5.74, 6) is 0.188. The zero-order valence-corrected chi connectivity index (χ0v) is 18.0. The number of likely N-dealkylation sites (tertiary alicyclic amines) is 1. The third-order valence-corrected chi connectivity index (χ3v) is 6.54. The minimum absolute atomic E-state index is 0.0281. The lowest BCUT2D eigenvalue weighted by Gasteiger charge is -2.23. The van der Waals surface area contributed by atoms with Gasteiger partial charge in [-0.2, -0.15) is 18.3 Å². The van der Waals surface area contributed by atoms with Gasteiger partial charge in [-0.3, -0.25) is 4.79 Å². The van der Waals surface area contributed by atoms with Gasteiger partial charge in [-0.25, -0.2) is 9.50 Å². The van der Waals surface area contributed by atoms with Crippen LogP contribution < -0.4 is 0 Å². The molecule has 1 amide bonds. The topological polar surface area (TPSA) is 76.5 Å². The Bertz CT molecular complexity index is 1290. The second kappa shape index (κ2) is 7.44. The Kier molecular flexibility index (Phi) is 4.81. The smallest absolute Gasteiger partial charge is 0.361 e. The van der Waals surface area contributed by atoms with Crippen molar-refractivity contribution in [3.8, 4) is 10.6 Å². The summed E-state index contributed by atoms with van der Waals surface area (Å²) in [7, 11) is 0. The molecule has 0 saturated carbocycles. The maximum Gasteiger partial charge on any atom is 0.433 e. The summed E-state index contributed by atoms with van der Waals surface area (Å²) < 4.78 is 47.3. The van der Waals surface area contributed by atoms with Gasteiger partial charge in [0.25, 0.3) is 5.91 Å². The zero-order valence-electron chi connectivity index (χ0n) is 17.2. The minimum atomic E-state index is -4.66. The highest BCUT2D eigenvalue weighted by molar-refractivity contribution is 7.13. The highest BCUT2D eigenvalue weighted by Gasteiger charge is 2.38. The van der Waals surface area contributed by atoms with Crippen LogP contribution in [0.3, 0.4) is 0 Å². The molecule has 1 fully saturated rings. The van der Waals surface area contributed by atoms with Crippen molar-refractivity contribution in [2.24, 2.45) is 0 Å². The molecule has 0 N–H and O–H groups in total. The number of thiophene rings is 1. The summed E-state index contributed by atoms with van der Waals surface area (Å²) in [4.78, 5) is 19.9. The van der Waals surface area contributed by atoms with Gasteiger partial charge in [0, 0.05) is 18.2 Å². The van der Waals surface area contributed by atoms with Crippen LogP contribution in [0.25, 0.3) is 16.2 Å². The van der Waals surface area contributed by atoms with E-state index in [-0.39, 0.29) is 23.1 Å². The largest absolute Gasteiger partial charge is 0.433 e. The van der Waals surface area contributed by atoms with Crippen molar-refractivity contribution in [2.45, 2.75) is 38.9 Å². The van der Waals surface area contributed by atoms with E-state index in [0.717, 1.165) is 24.5 Å². The number of amides is 1. The maximum absolute atomic E-state index is 13.8. The van der Waals surface area contributed by atoms with Crippen LogP contribution in [0, 0.1) is 13.8 Å². The molecule has 4 aromatic rings. The molecule has 7 nitrogen and oxygen atoms in total. The van der Waals surface area contributed by atoms with Gasteiger partial charge in [0.1, 0.15) is 5.76 Å². The number of aromatic nitrogens is 4. The monoisotopic (exact) mass is 461 g/mol. The molecule has 0 bridgehead atoms. The van der Waals surface area contributed by atoms with E-state index in [2.05, 4.69) is 15.2 Å². The van der Waals surface area contributed by atoms with E-state index >= 15 is 0 Å². The Morgan fingerprint density at radius 2 is 2.09 bits per heavy atom. The van der Waals surface area contributed by atoms with E-state index in [1.54, 1.807) is 29.3 Å². The molecule has 1 atom stereocenters. The van der Waals surface area contributed by atoms with Crippen molar-refractivity contribution in [3.63, 3.8) is 0 Å². The molecule has 5 heterocycles.